The van der Waals surface area contributed by atoms with Crippen molar-refractivity contribution in [2.24, 2.45) is 4.99 Å². The largest absolute Gasteiger partial charge is 0.295 e. The van der Waals surface area contributed by atoms with Gasteiger partial charge in [-0.3, -0.25) is 4.99 Å². The first-order valence-corrected chi connectivity index (χ1v) is 4.29. The summed E-state index contributed by atoms with van der Waals surface area (Å²) in [5, 5.41) is 0. The lowest BCUT2D eigenvalue weighted by Gasteiger charge is -1.91. The lowest BCUT2D eigenvalue weighted by Crippen LogP contribution is -1.87. The average Bonchev–Trinajstić information content (AvgIpc) is 1.92. The molecule has 0 saturated carbocycles. The van der Waals surface area contributed by atoms with Crippen molar-refractivity contribution in [1.29, 1.82) is 0 Å². The minimum atomic E-state index is 0.474. The zero-order chi connectivity index (χ0) is 8.41. The van der Waals surface area contributed by atoms with Gasteiger partial charge in [0.05, 0.1) is 0 Å². The molecule has 0 amide bonds. The van der Waals surface area contributed by atoms with Crippen molar-refractivity contribution in [3.63, 3.8) is 0 Å². The van der Waals surface area contributed by atoms with E-state index in [4.69, 9.17) is 0 Å². The molecule has 0 spiro atoms. The van der Waals surface area contributed by atoms with Crippen LogP contribution in [0.5, 0.6) is 0 Å². The number of unbranched alkanes of at least 4 members (excludes halogenated alkanes) is 1. The molecule has 1 heteroatoms. The Morgan fingerprint density at radius 2 is 1.80 bits per heavy atom. The molecule has 0 fully saturated rings. The fourth-order valence-electron chi connectivity index (χ4n) is 0.414. The van der Waals surface area contributed by atoms with Crippen LogP contribution in [0, 0.1) is 0 Å². The Kier molecular flexibility index (Phi) is 14.2. The summed E-state index contributed by atoms with van der Waals surface area (Å²) in [5.41, 5.74) is 0. The molecule has 0 aromatic carbocycles. The van der Waals surface area contributed by atoms with E-state index >= 15 is 0 Å². The van der Waals surface area contributed by atoms with E-state index in [1.54, 1.807) is 0 Å². The standard InChI is InChI=1S/C7H15N.C2H6/c1-4-5-6-8-7(2)3;1-2/h6-7H,4-5H2,1-3H3;1-2H3. The van der Waals surface area contributed by atoms with Gasteiger partial charge in [-0.05, 0) is 26.5 Å². The highest BCUT2D eigenvalue weighted by atomic mass is 14.7. The second kappa shape index (κ2) is 11.5. The minimum absolute atomic E-state index is 0.474. The van der Waals surface area contributed by atoms with Gasteiger partial charge in [0.15, 0.2) is 0 Å². The first-order chi connectivity index (χ1) is 4.77. The number of rotatable bonds is 3. The lowest BCUT2D eigenvalue weighted by molar-refractivity contribution is 0.832. The summed E-state index contributed by atoms with van der Waals surface area (Å²) in [4.78, 5) is 4.19. The van der Waals surface area contributed by atoms with Gasteiger partial charge in [0.1, 0.15) is 0 Å². The molecule has 0 atom stereocenters. The Bertz CT molecular complexity index is 65.1. The van der Waals surface area contributed by atoms with E-state index < -0.39 is 0 Å². The molecule has 10 heavy (non-hydrogen) atoms. The predicted octanol–water partition coefficient (Wildman–Crippen LogP) is 3.29. The fourth-order valence-corrected chi connectivity index (χ4v) is 0.414. The van der Waals surface area contributed by atoms with E-state index in [2.05, 4.69) is 25.8 Å². The normalized spacial score (nSPS) is 9.80. The highest BCUT2D eigenvalue weighted by Crippen LogP contribution is 1.86. The van der Waals surface area contributed by atoms with E-state index in [9.17, 15) is 0 Å². The number of nitrogens with zero attached hydrogens (tertiary/aromatic N) is 1. The maximum atomic E-state index is 4.19. The molecule has 0 rings (SSSR count). The van der Waals surface area contributed by atoms with Crippen LogP contribution in [0.25, 0.3) is 0 Å². The van der Waals surface area contributed by atoms with Crippen molar-refractivity contribution in [3.8, 4) is 0 Å². The van der Waals surface area contributed by atoms with Gasteiger partial charge in [0, 0.05) is 6.04 Å². The Morgan fingerprint density at radius 1 is 1.30 bits per heavy atom. The molecule has 0 saturated heterocycles. The van der Waals surface area contributed by atoms with Crippen LogP contribution in [0.1, 0.15) is 47.5 Å². The third-order valence-corrected chi connectivity index (χ3v) is 0.821. The van der Waals surface area contributed by atoms with Crippen molar-refractivity contribution in [2.75, 3.05) is 0 Å². The van der Waals surface area contributed by atoms with Gasteiger partial charge < -0.3 is 0 Å². The molecule has 0 aliphatic carbocycles. The van der Waals surface area contributed by atoms with Crippen molar-refractivity contribution >= 4 is 6.21 Å². The predicted molar refractivity (Wildman–Crippen MR) is 49.9 cm³/mol. The zero-order valence-corrected chi connectivity index (χ0v) is 8.02. The molecule has 0 N–H and O–H groups in total. The van der Waals surface area contributed by atoms with Gasteiger partial charge in [-0.2, -0.15) is 0 Å². The van der Waals surface area contributed by atoms with Gasteiger partial charge >= 0.3 is 0 Å². The van der Waals surface area contributed by atoms with Gasteiger partial charge in [-0.1, -0.05) is 27.2 Å². The molecule has 0 aromatic rings. The van der Waals surface area contributed by atoms with E-state index in [-0.39, 0.29) is 0 Å². The second-order valence-corrected chi connectivity index (χ2v) is 2.21. The molecule has 1 nitrogen and oxygen atoms in total. The average molecular weight is 143 g/mol. The zero-order valence-electron chi connectivity index (χ0n) is 8.02. The Hall–Kier alpha value is -0.330. The van der Waals surface area contributed by atoms with Crippen molar-refractivity contribution < 1.29 is 0 Å². The molecule has 0 heterocycles. The first-order valence-electron chi connectivity index (χ1n) is 4.29. The summed E-state index contributed by atoms with van der Waals surface area (Å²) in [5.74, 6) is 0. The number of hydrogen-bond acceptors (Lipinski definition) is 1. The van der Waals surface area contributed by atoms with E-state index in [0.29, 0.717) is 6.04 Å². The van der Waals surface area contributed by atoms with Gasteiger partial charge in [-0.15, -0.1) is 0 Å². The van der Waals surface area contributed by atoms with Crippen LogP contribution in [0.3, 0.4) is 0 Å². The first kappa shape index (κ1) is 12.4. The lowest BCUT2D eigenvalue weighted by atomic mass is 10.3. The third-order valence-electron chi connectivity index (χ3n) is 0.821. The maximum absolute atomic E-state index is 4.19. The highest BCUT2D eigenvalue weighted by molar-refractivity contribution is 5.57. The second-order valence-electron chi connectivity index (χ2n) is 2.21. The van der Waals surface area contributed by atoms with Crippen molar-refractivity contribution in [3.05, 3.63) is 0 Å². The number of aliphatic imine (C=N–C) groups is 1. The summed E-state index contributed by atoms with van der Waals surface area (Å²) in [6, 6.07) is 0.474. The topological polar surface area (TPSA) is 12.4 Å². The molecule has 0 aliphatic heterocycles. The summed E-state index contributed by atoms with van der Waals surface area (Å²) >= 11 is 0. The number of hydrogen-bond donors (Lipinski definition) is 0. The van der Waals surface area contributed by atoms with Crippen LogP contribution >= 0.6 is 0 Å². The van der Waals surface area contributed by atoms with Gasteiger partial charge in [0.2, 0.25) is 0 Å². The summed E-state index contributed by atoms with van der Waals surface area (Å²) in [7, 11) is 0. The summed E-state index contributed by atoms with van der Waals surface area (Å²) in [6.45, 7) is 10.3. The molecule has 62 valence electrons. The highest BCUT2D eigenvalue weighted by Gasteiger charge is 1.80. The minimum Gasteiger partial charge on any atom is -0.295 e. The molecule has 0 aliphatic rings. The van der Waals surface area contributed by atoms with Gasteiger partial charge in [-0.25, -0.2) is 0 Å². The van der Waals surface area contributed by atoms with E-state index in [0.717, 1.165) is 6.42 Å². The van der Waals surface area contributed by atoms with Crippen LogP contribution in [-0.2, 0) is 0 Å². The smallest absolute Gasteiger partial charge is 0.0439 e. The molecule has 0 radical (unpaired) electrons. The molecule has 0 aromatic heterocycles. The quantitative estimate of drug-likeness (QED) is 0.537. The monoisotopic (exact) mass is 143 g/mol. The summed E-state index contributed by atoms with van der Waals surface area (Å²) in [6.07, 6.45) is 4.33. The van der Waals surface area contributed by atoms with Crippen LogP contribution < -0.4 is 0 Å². The SMILES string of the molecule is CC.CCCC=NC(C)C. The third kappa shape index (κ3) is 15.6. The van der Waals surface area contributed by atoms with Gasteiger partial charge in [0.25, 0.3) is 0 Å². The molecular weight excluding hydrogens is 122 g/mol. The Labute approximate surface area is 65.6 Å². The van der Waals surface area contributed by atoms with Crippen LogP contribution in [-0.4, -0.2) is 12.3 Å². The molecule has 0 unspecified atom stereocenters. The van der Waals surface area contributed by atoms with Crippen LogP contribution in [0.2, 0.25) is 0 Å². The van der Waals surface area contributed by atoms with Crippen molar-refractivity contribution in [2.45, 2.75) is 53.5 Å². The van der Waals surface area contributed by atoms with Crippen LogP contribution in [0.4, 0.5) is 0 Å². The van der Waals surface area contributed by atoms with Crippen molar-refractivity contribution in [1.82, 2.24) is 0 Å². The molecule has 0 bridgehead atoms. The Morgan fingerprint density at radius 3 is 2.10 bits per heavy atom. The maximum Gasteiger partial charge on any atom is 0.0439 e. The molecular formula is C9H21N. The summed E-state index contributed by atoms with van der Waals surface area (Å²) < 4.78 is 0. The fraction of sp³-hybridized carbons (Fsp3) is 0.889. The van der Waals surface area contributed by atoms with E-state index in [1.807, 2.05) is 20.1 Å². The van der Waals surface area contributed by atoms with E-state index in [1.165, 1.54) is 6.42 Å². The Balaban J connectivity index is 0. The van der Waals surface area contributed by atoms with Crippen LogP contribution in [0.15, 0.2) is 4.99 Å².